The van der Waals surface area contributed by atoms with Gasteiger partial charge in [-0.2, -0.15) is 0 Å². The average Bonchev–Trinajstić information content (AvgIpc) is 3.34. The molecule has 0 spiro atoms. The van der Waals surface area contributed by atoms with E-state index in [1.807, 2.05) is 31.2 Å². The molecule has 142 valence electrons. The van der Waals surface area contributed by atoms with Crippen LogP contribution in [0.5, 0.6) is 5.75 Å². The molecule has 3 aromatic heterocycles. The first-order valence-corrected chi connectivity index (χ1v) is 9.52. The van der Waals surface area contributed by atoms with E-state index in [9.17, 15) is 4.79 Å². The number of carbonyl (C=O) groups is 1. The normalized spacial score (nSPS) is 11.0. The quantitative estimate of drug-likeness (QED) is 0.518. The molecule has 0 atom stereocenters. The number of nitrogens with zero attached hydrogens (tertiary/aromatic N) is 5. The minimum absolute atomic E-state index is 0.216. The number of hydrogen-bond acceptors (Lipinski definition) is 6. The highest BCUT2D eigenvalue weighted by Gasteiger charge is 2.25. The van der Waals surface area contributed by atoms with E-state index < -0.39 is 0 Å². The van der Waals surface area contributed by atoms with Gasteiger partial charge in [0.2, 0.25) is 0 Å². The van der Waals surface area contributed by atoms with E-state index in [2.05, 4.69) is 9.97 Å². The van der Waals surface area contributed by atoms with Crippen molar-refractivity contribution in [1.29, 1.82) is 0 Å². The van der Waals surface area contributed by atoms with Gasteiger partial charge in [0.15, 0.2) is 11.0 Å². The zero-order valence-corrected chi connectivity index (χ0v) is 16.6. The molecule has 4 aromatic rings. The Morgan fingerprint density at radius 3 is 2.82 bits per heavy atom. The summed E-state index contributed by atoms with van der Waals surface area (Å²) in [7, 11) is 3.42. The van der Waals surface area contributed by atoms with E-state index in [-0.39, 0.29) is 5.91 Å². The zero-order valence-electron chi connectivity index (χ0n) is 15.8. The number of rotatable bonds is 5. The van der Waals surface area contributed by atoms with Gasteiger partial charge >= 0.3 is 0 Å². The molecule has 0 aliphatic heterocycles. The van der Waals surface area contributed by atoms with Crippen LogP contribution in [0.25, 0.3) is 10.2 Å². The Bertz CT molecular complexity index is 1140. The molecule has 0 saturated carbocycles. The second-order valence-corrected chi connectivity index (χ2v) is 7.35. The van der Waals surface area contributed by atoms with Gasteiger partial charge in [-0.1, -0.05) is 23.5 Å². The van der Waals surface area contributed by atoms with Crippen LogP contribution in [0.1, 0.15) is 21.7 Å². The van der Waals surface area contributed by atoms with Crippen LogP contribution in [0, 0.1) is 6.92 Å². The van der Waals surface area contributed by atoms with Gasteiger partial charge in [-0.25, -0.2) is 9.97 Å². The third kappa shape index (κ3) is 3.22. The molecule has 0 fully saturated rings. The Labute approximate surface area is 166 Å². The molecule has 8 heteroatoms. The Balaban J connectivity index is 1.83. The Morgan fingerprint density at radius 1 is 1.29 bits per heavy atom. The fraction of sp³-hybridized carbons (Fsp3) is 0.200. The number of pyridine rings is 1. The van der Waals surface area contributed by atoms with Gasteiger partial charge in [0.25, 0.3) is 5.91 Å². The third-order valence-corrected chi connectivity index (χ3v) is 5.68. The van der Waals surface area contributed by atoms with E-state index >= 15 is 0 Å². The number of aromatic nitrogens is 4. The molecule has 1 amide bonds. The highest BCUT2D eigenvalue weighted by atomic mass is 32.1. The number of carbonyl (C=O) groups excluding carboxylic acids is 1. The van der Waals surface area contributed by atoms with Crippen molar-refractivity contribution in [2.45, 2.75) is 13.5 Å². The van der Waals surface area contributed by atoms with Crippen LogP contribution in [0.15, 0.2) is 49.1 Å². The first-order valence-electron chi connectivity index (χ1n) is 8.70. The van der Waals surface area contributed by atoms with Crippen molar-refractivity contribution in [3.8, 4) is 5.75 Å². The second-order valence-electron chi connectivity index (χ2n) is 6.37. The maximum absolute atomic E-state index is 13.3. The summed E-state index contributed by atoms with van der Waals surface area (Å²) in [6.45, 7) is 2.37. The summed E-state index contributed by atoms with van der Waals surface area (Å²) in [5.74, 6) is 0.827. The number of thiazole rings is 1. The molecule has 0 radical (unpaired) electrons. The van der Waals surface area contributed by atoms with Crippen molar-refractivity contribution in [3.05, 3.63) is 66.0 Å². The molecular weight excluding hydrogens is 374 g/mol. The molecule has 0 N–H and O–H groups in total. The summed E-state index contributed by atoms with van der Waals surface area (Å²) < 4.78 is 8.16. The Kier molecular flexibility index (Phi) is 4.79. The SMILES string of the molecule is COc1ccc(C)c2sc(N(Cc3cccnc3)C(=O)c3nccn3C)nc12. The third-order valence-electron chi connectivity index (χ3n) is 4.46. The molecule has 4 rings (SSSR count). The highest BCUT2D eigenvalue weighted by Crippen LogP contribution is 2.37. The summed E-state index contributed by atoms with van der Waals surface area (Å²) in [5, 5.41) is 0.597. The van der Waals surface area contributed by atoms with E-state index in [1.54, 1.807) is 48.4 Å². The second kappa shape index (κ2) is 7.40. The molecule has 3 heterocycles. The van der Waals surface area contributed by atoms with E-state index in [0.717, 1.165) is 21.3 Å². The molecule has 7 nitrogen and oxygen atoms in total. The van der Waals surface area contributed by atoms with Crippen LogP contribution < -0.4 is 9.64 Å². The highest BCUT2D eigenvalue weighted by molar-refractivity contribution is 7.22. The Morgan fingerprint density at radius 2 is 2.14 bits per heavy atom. The van der Waals surface area contributed by atoms with Crippen LogP contribution >= 0.6 is 11.3 Å². The molecule has 0 bridgehead atoms. The Hall–Kier alpha value is -3.26. The lowest BCUT2D eigenvalue weighted by Gasteiger charge is -2.19. The summed E-state index contributed by atoms with van der Waals surface area (Å²) in [5.41, 5.74) is 2.75. The van der Waals surface area contributed by atoms with Gasteiger partial charge in [-0.15, -0.1) is 0 Å². The maximum Gasteiger partial charge on any atom is 0.296 e. The van der Waals surface area contributed by atoms with Crippen LogP contribution in [0.4, 0.5) is 5.13 Å². The average molecular weight is 393 g/mol. The maximum atomic E-state index is 13.3. The number of ether oxygens (including phenoxy) is 1. The van der Waals surface area contributed by atoms with Crippen molar-refractivity contribution in [2.75, 3.05) is 12.0 Å². The largest absolute Gasteiger partial charge is 0.494 e. The topological polar surface area (TPSA) is 73.1 Å². The standard InChI is InChI=1S/C20H19N5O2S/c1-13-6-7-15(27-3)16-17(13)28-20(23-16)25(12-14-5-4-8-21-11-14)19(26)18-22-9-10-24(18)2/h4-11H,12H2,1-3H3. The van der Waals surface area contributed by atoms with E-state index in [0.29, 0.717) is 23.3 Å². The minimum Gasteiger partial charge on any atom is -0.494 e. The number of benzene rings is 1. The number of anilines is 1. The number of methoxy groups -OCH3 is 1. The predicted octanol–water partition coefficient (Wildman–Crippen LogP) is 3.59. The molecule has 0 aliphatic carbocycles. The lowest BCUT2D eigenvalue weighted by molar-refractivity contribution is 0.0972. The summed E-state index contributed by atoms with van der Waals surface area (Å²) in [6.07, 6.45) is 6.82. The van der Waals surface area contributed by atoms with Crippen molar-refractivity contribution >= 4 is 32.6 Å². The zero-order chi connectivity index (χ0) is 19.7. The number of amides is 1. The fourth-order valence-electron chi connectivity index (χ4n) is 2.97. The first-order chi connectivity index (χ1) is 13.6. The molecule has 28 heavy (non-hydrogen) atoms. The van der Waals surface area contributed by atoms with Gasteiger partial charge in [0, 0.05) is 31.8 Å². The number of fused-ring (bicyclic) bond motifs is 1. The summed E-state index contributed by atoms with van der Waals surface area (Å²) in [4.78, 5) is 28.1. The van der Waals surface area contributed by atoms with E-state index in [4.69, 9.17) is 9.72 Å². The molecule has 0 aliphatic rings. The van der Waals surface area contributed by atoms with Crippen LogP contribution in [-0.4, -0.2) is 32.5 Å². The van der Waals surface area contributed by atoms with Crippen LogP contribution in [0.3, 0.4) is 0 Å². The lowest BCUT2D eigenvalue weighted by Crippen LogP contribution is -2.32. The van der Waals surface area contributed by atoms with Gasteiger partial charge in [0.05, 0.1) is 18.4 Å². The van der Waals surface area contributed by atoms with Crippen molar-refractivity contribution in [1.82, 2.24) is 19.5 Å². The van der Waals surface area contributed by atoms with E-state index in [1.165, 1.54) is 11.3 Å². The lowest BCUT2D eigenvalue weighted by atomic mass is 10.2. The molecular formula is C20H19N5O2S. The van der Waals surface area contributed by atoms with Crippen molar-refractivity contribution < 1.29 is 9.53 Å². The van der Waals surface area contributed by atoms with Crippen molar-refractivity contribution in [3.63, 3.8) is 0 Å². The predicted molar refractivity (Wildman–Crippen MR) is 109 cm³/mol. The molecule has 0 unspecified atom stereocenters. The van der Waals surface area contributed by atoms with Crippen molar-refractivity contribution in [2.24, 2.45) is 7.05 Å². The summed E-state index contributed by atoms with van der Waals surface area (Å²) >= 11 is 1.47. The number of imidazole rings is 1. The summed E-state index contributed by atoms with van der Waals surface area (Å²) in [6, 6.07) is 7.68. The minimum atomic E-state index is -0.216. The van der Waals surface area contributed by atoms with Crippen LogP contribution in [0.2, 0.25) is 0 Å². The molecule has 1 aromatic carbocycles. The first kappa shape index (κ1) is 18.1. The van der Waals surface area contributed by atoms with Gasteiger partial charge in [-0.05, 0) is 30.2 Å². The smallest absolute Gasteiger partial charge is 0.296 e. The fourth-order valence-corrected chi connectivity index (χ4v) is 4.02. The monoisotopic (exact) mass is 393 g/mol. The van der Waals surface area contributed by atoms with Gasteiger partial charge in [-0.3, -0.25) is 14.7 Å². The number of aryl methyl sites for hydroxylation is 2. The van der Waals surface area contributed by atoms with Gasteiger partial charge in [0.1, 0.15) is 11.3 Å². The van der Waals surface area contributed by atoms with Gasteiger partial charge < -0.3 is 9.30 Å². The number of hydrogen-bond donors (Lipinski definition) is 0. The molecule has 0 saturated heterocycles. The van der Waals surface area contributed by atoms with Crippen LogP contribution in [-0.2, 0) is 13.6 Å².